The highest BCUT2D eigenvalue weighted by Gasteiger charge is 2.15. The van der Waals surface area contributed by atoms with E-state index in [1.54, 1.807) is 0 Å². The highest BCUT2D eigenvalue weighted by atomic mass is 35.6. The van der Waals surface area contributed by atoms with E-state index in [0.717, 1.165) is 12.8 Å². The van der Waals surface area contributed by atoms with Crippen molar-refractivity contribution >= 4 is 24.4 Å². The fourth-order valence-electron chi connectivity index (χ4n) is 3.05. The Kier molecular flexibility index (Phi) is 15.8. The van der Waals surface area contributed by atoms with E-state index >= 15 is 0 Å². The normalized spacial score (nSPS) is 12.8. The number of carbonyl (C=O) groups excluding carboxylic acids is 1. The van der Waals surface area contributed by atoms with E-state index in [2.05, 4.69) is 19.7 Å². The van der Waals surface area contributed by atoms with E-state index < -0.39 is 7.38 Å². The van der Waals surface area contributed by atoms with E-state index in [1.165, 1.54) is 82.7 Å². The van der Waals surface area contributed by atoms with Crippen molar-refractivity contribution < 1.29 is 9.53 Å². The number of hydrogen-bond donors (Lipinski definition) is 0. The van der Waals surface area contributed by atoms with Crippen LogP contribution in [0.15, 0.2) is 12.7 Å². The van der Waals surface area contributed by atoms with Crippen LogP contribution < -0.4 is 0 Å². The van der Waals surface area contributed by atoms with Crippen molar-refractivity contribution in [1.29, 1.82) is 0 Å². The van der Waals surface area contributed by atoms with Crippen LogP contribution in [0.4, 0.5) is 0 Å². The maximum Gasteiger partial charge on any atom is 0.330 e. The number of ether oxygens (including phenoxy) is 1. The van der Waals surface area contributed by atoms with Gasteiger partial charge in [0.25, 0.3) is 0 Å². The molecule has 1 atom stereocenters. The fraction of sp³-hybridized carbons (Fsp3) is 0.857. The van der Waals surface area contributed by atoms with Gasteiger partial charge in [0, 0.05) is 6.08 Å². The summed E-state index contributed by atoms with van der Waals surface area (Å²) in [5.41, 5.74) is 0. The standard InChI is InChI=1S/C21H41ClO2Si/c1-5-21(23)24-20(2)18-16-14-12-10-8-6-7-9-11-13-15-17-19-25(3,4)22/h5,20H,1,6-19H2,2-4H3. The number of halogens is 1. The van der Waals surface area contributed by atoms with Crippen molar-refractivity contribution in [1.82, 2.24) is 0 Å². The Bertz CT molecular complexity index is 339. The average Bonchev–Trinajstić information content (AvgIpc) is 2.53. The van der Waals surface area contributed by atoms with Crippen LogP contribution in [0.25, 0.3) is 0 Å². The number of hydrogen-bond acceptors (Lipinski definition) is 2. The Balaban J connectivity index is 3.19. The summed E-state index contributed by atoms with van der Waals surface area (Å²) in [4.78, 5) is 11.1. The SMILES string of the molecule is C=CC(=O)OC(C)CCCCCCCCCCCCCC[Si](C)(C)Cl. The molecule has 4 heteroatoms. The summed E-state index contributed by atoms with van der Waals surface area (Å²) < 4.78 is 5.16. The third kappa shape index (κ3) is 19.9. The van der Waals surface area contributed by atoms with Gasteiger partial charge in [0.1, 0.15) is 7.38 Å². The zero-order valence-corrected chi connectivity index (χ0v) is 18.7. The van der Waals surface area contributed by atoms with Gasteiger partial charge < -0.3 is 4.74 Å². The molecule has 0 aromatic rings. The smallest absolute Gasteiger partial charge is 0.330 e. The second-order valence-electron chi connectivity index (χ2n) is 7.95. The molecular weight excluding hydrogens is 348 g/mol. The van der Waals surface area contributed by atoms with Crippen LogP contribution in [-0.4, -0.2) is 19.5 Å². The third-order valence-electron chi connectivity index (χ3n) is 4.62. The Hall–Kier alpha value is -0.283. The zero-order valence-electron chi connectivity index (χ0n) is 17.0. The largest absolute Gasteiger partial charge is 0.460 e. The predicted octanol–water partition coefficient (Wildman–Crippen LogP) is 7.62. The van der Waals surface area contributed by atoms with Crippen LogP contribution in [-0.2, 0) is 9.53 Å². The first-order valence-electron chi connectivity index (χ1n) is 10.4. The molecule has 0 aliphatic carbocycles. The molecule has 0 amide bonds. The Morgan fingerprint density at radius 3 is 1.72 bits per heavy atom. The topological polar surface area (TPSA) is 26.3 Å². The van der Waals surface area contributed by atoms with Gasteiger partial charge in [0.2, 0.25) is 0 Å². The molecule has 0 aliphatic rings. The van der Waals surface area contributed by atoms with Gasteiger partial charge in [0.15, 0.2) is 0 Å². The van der Waals surface area contributed by atoms with Crippen LogP contribution in [0.2, 0.25) is 19.1 Å². The summed E-state index contributed by atoms with van der Waals surface area (Å²) >= 11 is 6.33. The second-order valence-corrected chi connectivity index (χ2v) is 15.0. The van der Waals surface area contributed by atoms with Gasteiger partial charge in [-0.1, -0.05) is 90.3 Å². The summed E-state index contributed by atoms with van der Waals surface area (Å²) in [6.45, 7) is 9.86. The van der Waals surface area contributed by atoms with Crippen LogP contribution in [0, 0.1) is 0 Å². The molecule has 0 rings (SSSR count). The number of carbonyl (C=O) groups is 1. The molecule has 0 fully saturated rings. The van der Waals surface area contributed by atoms with Gasteiger partial charge in [0.05, 0.1) is 6.10 Å². The Labute approximate surface area is 162 Å². The maximum atomic E-state index is 11.1. The molecule has 0 saturated carbocycles. The minimum Gasteiger partial charge on any atom is -0.460 e. The molecule has 0 radical (unpaired) electrons. The van der Waals surface area contributed by atoms with E-state index in [-0.39, 0.29) is 12.1 Å². The molecule has 0 heterocycles. The fourth-order valence-corrected chi connectivity index (χ4v) is 4.54. The summed E-state index contributed by atoms with van der Waals surface area (Å²) in [5, 5.41) is 0. The van der Waals surface area contributed by atoms with E-state index in [9.17, 15) is 4.79 Å². The molecule has 0 aromatic heterocycles. The maximum absolute atomic E-state index is 11.1. The first-order chi connectivity index (χ1) is 11.8. The lowest BCUT2D eigenvalue weighted by molar-refractivity contribution is -0.142. The van der Waals surface area contributed by atoms with Gasteiger partial charge in [-0.05, 0) is 25.8 Å². The van der Waals surface area contributed by atoms with Gasteiger partial charge >= 0.3 is 5.97 Å². The summed E-state index contributed by atoms with van der Waals surface area (Å²) in [6, 6.07) is 1.27. The Morgan fingerprint density at radius 1 is 0.920 bits per heavy atom. The number of esters is 1. The molecule has 0 aliphatic heterocycles. The molecule has 0 spiro atoms. The van der Waals surface area contributed by atoms with Gasteiger partial charge in [-0.3, -0.25) is 0 Å². The highest BCUT2D eigenvalue weighted by Crippen LogP contribution is 2.19. The summed E-state index contributed by atoms with van der Waals surface area (Å²) in [7, 11) is -1.33. The van der Waals surface area contributed by atoms with E-state index in [0.29, 0.717) is 0 Å². The van der Waals surface area contributed by atoms with Crippen molar-refractivity contribution in [3.63, 3.8) is 0 Å². The lowest BCUT2D eigenvalue weighted by Gasteiger charge is -2.11. The second kappa shape index (κ2) is 15.9. The predicted molar refractivity (Wildman–Crippen MR) is 114 cm³/mol. The third-order valence-corrected chi connectivity index (χ3v) is 6.73. The van der Waals surface area contributed by atoms with E-state index in [4.69, 9.17) is 15.8 Å². The van der Waals surface area contributed by atoms with Crippen LogP contribution in [0.5, 0.6) is 0 Å². The van der Waals surface area contributed by atoms with Crippen molar-refractivity contribution in [3.05, 3.63) is 12.7 Å². The van der Waals surface area contributed by atoms with Gasteiger partial charge in [-0.15, -0.1) is 0 Å². The quantitative estimate of drug-likeness (QED) is 0.0841. The molecular formula is C21H41ClO2Si. The average molecular weight is 389 g/mol. The van der Waals surface area contributed by atoms with E-state index in [1.807, 2.05) is 6.92 Å². The molecule has 0 bridgehead atoms. The highest BCUT2D eigenvalue weighted by molar-refractivity contribution is 7.19. The van der Waals surface area contributed by atoms with Crippen molar-refractivity contribution in [2.45, 2.75) is 116 Å². The minimum absolute atomic E-state index is 0.0170. The first-order valence-corrected chi connectivity index (χ1v) is 14.6. The molecule has 0 N–H and O–H groups in total. The number of rotatable bonds is 17. The Morgan fingerprint density at radius 2 is 1.32 bits per heavy atom. The molecule has 1 unspecified atom stereocenters. The van der Waals surface area contributed by atoms with Crippen LogP contribution >= 0.6 is 11.1 Å². The molecule has 2 nitrogen and oxygen atoms in total. The van der Waals surface area contributed by atoms with Crippen molar-refractivity contribution in [3.8, 4) is 0 Å². The van der Waals surface area contributed by atoms with Crippen molar-refractivity contribution in [2.24, 2.45) is 0 Å². The zero-order chi connectivity index (χ0) is 19.0. The van der Waals surface area contributed by atoms with Crippen LogP contribution in [0.3, 0.4) is 0 Å². The van der Waals surface area contributed by atoms with Gasteiger partial charge in [-0.2, -0.15) is 11.1 Å². The molecule has 25 heavy (non-hydrogen) atoms. The molecule has 148 valence electrons. The van der Waals surface area contributed by atoms with Gasteiger partial charge in [-0.25, -0.2) is 4.79 Å². The monoisotopic (exact) mass is 388 g/mol. The molecule has 0 saturated heterocycles. The first kappa shape index (κ1) is 24.7. The lowest BCUT2D eigenvalue weighted by Crippen LogP contribution is -2.14. The molecule has 0 aromatic carbocycles. The van der Waals surface area contributed by atoms with Crippen LogP contribution in [0.1, 0.15) is 90.4 Å². The number of unbranched alkanes of at least 4 members (excludes halogenated alkanes) is 11. The minimum atomic E-state index is -1.33. The summed E-state index contributed by atoms with van der Waals surface area (Å²) in [5.74, 6) is -0.308. The summed E-state index contributed by atoms with van der Waals surface area (Å²) in [6.07, 6.45) is 18.3. The van der Waals surface area contributed by atoms with Crippen molar-refractivity contribution in [2.75, 3.05) is 0 Å². The lowest BCUT2D eigenvalue weighted by atomic mass is 10.0.